The van der Waals surface area contributed by atoms with E-state index in [2.05, 4.69) is 5.32 Å². The Bertz CT molecular complexity index is 541. The highest BCUT2D eigenvalue weighted by Gasteiger charge is 2.41. The second-order valence-electron chi connectivity index (χ2n) is 5.82. The second-order valence-corrected chi connectivity index (χ2v) is 5.82. The Hall–Kier alpha value is -1.49. The van der Waals surface area contributed by atoms with Crippen molar-refractivity contribution in [2.75, 3.05) is 7.11 Å². The number of carbonyl (C=O) groups excluding carboxylic acids is 1. The van der Waals surface area contributed by atoms with Gasteiger partial charge in [-0.25, -0.2) is 13.6 Å². The largest absolute Gasteiger partial charge is 0.467 e. The van der Waals surface area contributed by atoms with Crippen LogP contribution in [0.1, 0.15) is 43.7 Å². The van der Waals surface area contributed by atoms with E-state index in [1.165, 1.54) is 14.0 Å². The maximum Gasteiger partial charge on any atom is 0.330 e. The fraction of sp³-hybridized carbons (Fsp3) is 0.562. The van der Waals surface area contributed by atoms with Gasteiger partial charge in [-0.05, 0) is 44.4 Å². The van der Waals surface area contributed by atoms with Crippen molar-refractivity contribution in [1.29, 1.82) is 0 Å². The van der Waals surface area contributed by atoms with Crippen LogP contribution in [0.15, 0.2) is 12.1 Å². The van der Waals surface area contributed by atoms with E-state index < -0.39 is 23.1 Å². The fourth-order valence-electron chi connectivity index (χ4n) is 2.96. The normalized spacial score (nSPS) is 18.5. The highest BCUT2D eigenvalue weighted by molar-refractivity contribution is 5.82. The average Bonchev–Trinajstić information content (AvgIpc) is 2.94. The summed E-state index contributed by atoms with van der Waals surface area (Å²) < 4.78 is 32.9. The van der Waals surface area contributed by atoms with Crippen LogP contribution >= 0.6 is 0 Å². The zero-order valence-corrected chi connectivity index (χ0v) is 12.6. The molecule has 1 aromatic rings. The highest BCUT2D eigenvalue weighted by Crippen LogP contribution is 2.30. The first-order valence-electron chi connectivity index (χ1n) is 7.20. The molecule has 0 heterocycles. The third-order valence-electron chi connectivity index (χ3n) is 4.23. The molecule has 0 spiro atoms. The molecule has 1 unspecified atom stereocenters. The van der Waals surface area contributed by atoms with Crippen molar-refractivity contribution < 1.29 is 18.3 Å². The van der Waals surface area contributed by atoms with Crippen molar-refractivity contribution >= 4 is 5.97 Å². The molecule has 1 aliphatic carbocycles. The van der Waals surface area contributed by atoms with Crippen LogP contribution in [0.5, 0.6) is 0 Å². The van der Waals surface area contributed by atoms with Gasteiger partial charge in [0.05, 0.1) is 7.11 Å². The second kappa shape index (κ2) is 6.10. The van der Waals surface area contributed by atoms with Crippen LogP contribution in [0.4, 0.5) is 8.78 Å². The van der Waals surface area contributed by atoms with Gasteiger partial charge >= 0.3 is 5.97 Å². The van der Waals surface area contributed by atoms with Crippen LogP contribution in [0, 0.1) is 18.6 Å². The number of hydrogen-bond donors (Lipinski definition) is 1. The predicted octanol–water partition coefficient (Wildman–Crippen LogP) is 3.19. The molecule has 1 aliphatic rings. The molecule has 1 saturated carbocycles. The Balaban J connectivity index is 2.43. The molecule has 0 bridgehead atoms. The van der Waals surface area contributed by atoms with Crippen molar-refractivity contribution in [2.45, 2.75) is 51.1 Å². The number of carbonyl (C=O) groups is 1. The summed E-state index contributed by atoms with van der Waals surface area (Å²) in [6.07, 6.45) is 3.98. The van der Waals surface area contributed by atoms with Gasteiger partial charge in [0.15, 0.2) is 0 Å². The molecule has 0 radical (unpaired) electrons. The van der Waals surface area contributed by atoms with Crippen molar-refractivity contribution in [3.05, 3.63) is 34.9 Å². The molecule has 1 aromatic carbocycles. The van der Waals surface area contributed by atoms with Gasteiger partial charge in [-0.15, -0.1) is 0 Å². The van der Waals surface area contributed by atoms with Gasteiger partial charge < -0.3 is 4.74 Å². The lowest BCUT2D eigenvalue weighted by Crippen LogP contribution is -2.51. The Morgan fingerprint density at radius 2 is 1.90 bits per heavy atom. The van der Waals surface area contributed by atoms with Crippen molar-refractivity contribution in [1.82, 2.24) is 5.32 Å². The van der Waals surface area contributed by atoms with E-state index >= 15 is 0 Å². The first-order valence-corrected chi connectivity index (χ1v) is 7.20. The monoisotopic (exact) mass is 297 g/mol. The molecule has 5 heteroatoms. The summed E-state index contributed by atoms with van der Waals surface area (Å²) in [6, 6.07) is 2.31. The smallest absolute Gasteiger partial charge is 0.330 e. The maximum atomic E-state index is 14.3. The van der Waals surface area contributed by atoms with Crippen molar-refractivity contribution in [2.24, 2.45) is 0 Å². The molecule has 21 heavy (non-hydrogen) atoms. The number of nitrogens with one attached hydrogen (secondary N) is 1. The standard InChI is InChI=1S/C16H21F2NO2/c1-10-8-14(18)12(9-13(10)17)16(2,15(20)21-3)19-11-6-4-5-7-11/h8-9,11,19H,4-7H2,1-3H3. The molecular weight excluding hydrogens is 276 g/mol. The molecule has 0 aromatic heterocycles. The van der Waals surface area contributed by atoms with Gasteiger partial charge in [0.25, 0.3) is 0 Å². The number of halogens is 2. The lowest BCUT2D eigenvalue weighted by Gasteiger charge is -2.32. The van der Waals surface area contributed by atoms with Gasteiger partial charge in [0.2, 0.25) is 0 Å². The number of methoxy groups -OCH3 is 1. The molecule has 1 fully saturated rings. The highest BCUT2D eigenvalue weighted by atomic mass is 19.1. The van der Waals surface area contributed by atoms with E-state index in [0.717, 1.165) is 37.8 Å². The molecular formula is C16H21F2NO2. The summed E-state index contributed by atoms with van der Waals surface area (Å²) in [5, 5.41) is 3.17. The van der Waals surface area contributed by atoms with E-state index in [0.29, 0.717) is 0 Å². The Morgan fingerprint density at radius 3 is 2.48 bits per heavy atom. The van der Waals surface area contributed by atoms with Gasteiger partial charge in [-0.1, -0.05) is 12.8 Å². The van der Waals surface area contributed by atoms with Gasteiger partial charge in [-0.2, -0.15) is 0 Å². The predicted molar refractivity (Wildman–Crippen MR) is 75.9 cm³/mol. The Kier molecular flexibility index (Phi) is 4.61. The number of rotatable bonds is 4. The Labute approximate surface area is 123 Å². The van der Waals surface area contributed by atoms with Gasteiger partial charge in [-0.3, -0.25) is 5.32 Å². The molecule has 0 amide bonds. The number of benzene rings is 1. The number of hydrogen-bond acceptors (Lipinski definition) is 3. The van der Waals surface area contributed by atoms with Crippen LogP contribution in [0.3, 0.4) is 0 Å². The van der Waals surface area contributed by atoms with Crippen LogP contribution in [0.2, 0.25) is 0 Å². The van der Waals surface area contributed by atoms with Crippen LogP contribution in [-0.4, -0.2) is 19.1 Å². The van der Waals surface area contributed by atoms with Crippen LogP contribution in [0.25, 0.3) is 0 Å². The summed E-state index contributed by atoms with van der Waals surface area (Å²) in [4.78, 5) is 12.2. The lowest BCUT2D eigenvalue weighted by molar-refractivity contribution is -0.149. The number of aryl methyl sites for hydroxylation is 1. The van der Waals surface area contributed by atoms with E-state index in [-0.39, 0.29) is 17.2 Å². The van der Waals surface area contributed by atoms with Crippen molar-refractivity contribution in [3.8, 4) is 0 Å². The quantitative estimate of drug-likeness (QED) is 0.867. The lowest BCUT2D eigenvalue weighted by atomic mass is 9.89. The minimum Gasteiger partial charge on any atom is -0.467 e. The number of esters is 1. The van der Waals surface area contributed by atoms with Crippen molar-refractivity contribution in [3.63, 3.8) is 0 Å². The molecule has 1 atom stereocenters. The minimum atomic E-state index is -1.39. The van der Waals surface area contributed by atoms with Gasteiger partial charge in [0, 0.05) is 11.6 Å². The molecule has 0 aliphatic heterocycles. The van der Waals surface area contributed by atoms with E-state index in [9.17, 15) is 13.6 Å². The fourth-order valence-corrected chi connectivity index (χ4v) is 2.96. The Morgan fingerprint density at radius 1 is 1.29 bits per heavy atom. The van der Waals surface area contributed by atoms with Gasteiger partial charge in [0.1, 0.15) is 17.2 Å². The van der Waals surface area contributed by atoms with Crippen LogP contribution in [-0.2, 0) is 15.1 Å². The molecule has 0 saturated heterocycles. The van der Waals surface area contributed by atoms with E-state index in [4.69, 9.17) is 4.74 Å². The topological polar surface area (TPSA) is 38.3 Å². The zero-order valence-electron chi connectivity index (χ0n) is 12.6. The molecule has 116 valence electrons. The summed E-state index contributed by atoms with van der Waals surface area (Å²) in [6.45, 7) is 3.03. The SMILES string of the molecule is COC(=O)C(C)(NC1CCCC1)c1cc(F)c(C)cc1F. The molecule has 2 rings (SSSR count). The maximum absolute atomic E-state index is 14.3. The third kappa shape index (κ3) is 3.07. The minimum absolute atomic E-state index is 0.00986. The first-order chi connectivity index (χ1) is 9.88. The number of ether oxygens (including phenoxy) is 1. The molecule has 3 nitrogen and oxygen atoms in total. The molecule has 1 N–H and O–H groups in total. The van der Waals surface area contributed by atoms with E-state index in [1.54, 1.807) is 6.92 Å². The summed E-state index contributed by atoms with van der Waals surface area (Å²) in [5.41, 5.74) is -1.18. The summed E-state index contributed by atoms with van der Waals surface area (Å²) in [5.74, 6) is -1.75. The van der Waals surface area contributed by atoms with Crippen LogP contribution < -0.4 is 5.32 Å². The van der Waals surface area contributed by atoms with E-state index in [1.807, 2.05) is 0 Å². The third-order valence-corrected chi connectivity index (χ3v) is 4.23. The summed E-state index contributed by atoms with van der Waals surface area (Å²) in [7, 11) is 1.25. The summed E-state index contributed by atoms with van der Waals surface area (Å²) >= 11 is 0. The first kappa shape index (κ1) is 15.9. The average molecular weight is 297 g/mol. The zero-order chi connectivity index (χ0) is 15.6.